The van der Waals surface area contributed by atoms with Crippen LogP contribution in [0.15, 0.2) is 91.0 Å². The van der Waals surface area contributed by atoms with Crippen LogP contribution in [0.5, 0.6) is 0 Å². The van der Waals surface area contributed by atoms with E-state index in [4.69, 9.17) is 0 Å². The Kier molecular flexibility index (Phi) is 4.50. The van der Waals surface area contributed by atoms with Gasteiger partial charge in [-0.25, -0.2) is 0 Å². The predicted molar refractivity (Wildman–Crippen MR) is 119 cm³/mol. The molecule has 0 saturated heterocycles. The third-order valence-corrected chi connectivity index (χ3v) is 8.27. The van der Waals surface area contributed by atoms with Crippen LogP contribution < -0.4 is 0 Å². The van der Waals surface area contributed by atoms with Crippen LogP contribution in [-0.4, -0.2) is 11.5 Å². The molecule has 2 atom stereocenters. The predicted octanol–water partition coefficient (Wildman–Crippen LogP) is 6.02. The maximum absolute atomic E-state index is 13.2. The van der Waals surface area contributed by atoms with Crippen molar-refractivity contribution in [3.63, 3.8) is 0 Å². The van der Waals surface area contributed by atoms with E-state index < -0.39 is 0 Å². The summed E-state index contributed by atoms with van der Waals surface area (Å²) in [5.41, 5.74) is 6.08. The molecule has 0 aliphatic heterocycles. The average Bonchev–Trinajstić information content (AvgIpc) is 3.37. The van der Waals surface area contributed by atoms with E-state index in [1.165, 1.54) is 22.3 Å². The highest BCUT2D eigenvalue weighted by molar-refractivity contribution is 7.98. The van der Waals surface area contributed by atoms with Gasteiger partial charge in [-0.05, 0) is 23.3 Å². The summed E-state index contributed by atoms with van der Waals surface area (Å²) in [6, 6.07) is 26.9. The highest BCUT2D eigenvalue weighted by atomic mass is 32.2. The van der Waals surface area contributed by atoms with Crippen molar-refractivity contribution in [1.29, 1.82) is 0 Å². The molecule has 136 valence electrons. The van der Waals surface area contributed by atoms with Crippen LogP contribution in [0, 0.1) is 0 Å². The zero-order valence-electron chi connectivity index (χ0n) is 15.5. The lowest BCUT2D eigenvalue weighted by atomic mass is 10.1. The van der Waals surface area contributed by atoms with Gasteiger partial charge in [-0.2, -0.15) is 0 Å². The summed E-state index contributed by atoms with van der Waals surface area (Å²) in [7, 11) is -0.152. The summed E-state index contributed by atoms with van der Waals surface area (Å²) in [6.45, 7) is 0. The molecule has 3 aromatic carbocycles. The lowest BCUT2D eigenvalue weighted by molar-refractivity contribution is 0.102. The molecule has 0 fully saturated rings. The molecule has 0 N–H and O–H groups in total. The van der Waals surface area contributed by atoms with Crippen LogP contribution in [0.25, 0.3) is 12.2 Å². The van der Waals surface area contributed by atoms with Crippen molar-refractivity contribution in [1.82, 2.24) is 0 Å². The van der Waals surface area contributed by atoms with Gasteiger partial charge in [-0.15, -0.1) is 0 Å². The van der Waals surface area contributed by atoms with Gasteiger partial charge < -0.3 is 0 Å². The van der Waals surface area contributed by atoms with E-state index in [0.29, 0.717) is 5.75 Å². The Bertz CT molecular complexity index is 1020. The van der Waals surface area contributed by atoms with E-state index in [0.717, 1.165) is 5.56 Å². The summed E-state index contributed by atoms with van der Waals surface area (Å²) < 4.78 is 0. The fraction of sp³-hybridized carbons (Fsp3) is 0.115. The summed E-state index contributed by atoms with van der Waals surface area (Å²) in [6.07, 6.45) is 9.05. The number of rotatable bonds is 5. The number of ketones is 1. The minimum absolute atomic E-state index is 0.152. The Morgan fingerprint density at radius 3 is 1.75 bits per heavy atom. The van der Waals surface area contributed by atoms with Crippen LogP contribution in [0.2, 0.25) is 0 Å². The van der Waals surface area contributed by atoms with Crippen LogP contribution >= 0.6 is 0 Å². The fourth-order valence-corrected chi connectivity index (χ4v) is 6.94. The monoisotopic (exact) mass is 381 g/mol. The lowest BCUT2D eigenvalue weighted by Gasteiger charge is -2.21. The van der Waals surface area contributed by atoms with Gasteiger partial charge in [-0.1, -0.05) is 91.0 Å². The van der Waals surface area contributed by atoms with E-state index in [9.17, 15) is 4.79 Å². The van der Waals surface area contributed by atoms with Gasteiger partial charge in [0.25, 0.3) is 0 Å². The van der Waals surface area contributed by atoms with Crippen molar-refractivity contribution in [3.8, 4) is 0 Å². The van der Waals surface area contributed by atoms with E-state index in [2.05, 4.69) is 72.8 Å². The van der Waals surface area contributed by atoms with Gasteiger partial charge in [0.05, 0.1) is 0 Å². The molecule has 5 rings (SSSR count). The third-order valence-electron chi connectivity index (χ3n) is 5.55. The Labute approximate surface area is 168 Å². The zero-order chi connectivity index (χ0) is 18.9. The summed E-state index contributed by atoms with van der Waals surface area (Å²) >= 11 is 0. The first kappa shape index (κ1) is 17.3. The van der Waals surface area contributed by atoms with Crippen LogP contribution in [0.4, 0.5) is 0 Å². The smallest absolute Gasteiger partial charge is 0.211 e. The van der Waals surface area contributed by atoms with E-state index in [1.54, 1.807) is 0 Å². The van der Waals surface area contributed by atoms with Crippen LogP contribution in [0.3, 0.4) is 0 Å². The summed E-state index contributed by atoms with van der Waals surface area (Å²) in [5, 5.41) is 0.564. The number of Topliss-reactive ketones (excluding diaryl/α,β-unsaturated/α-hetero) is 1. The minimum atomic E-state index is -0.152. The first-order chi connectivity index (χ1) is 13.8. The molecule has 28 heavy (non-hydrogen) atoms. The van der Waals surface area contributed by atoms with Crippen molar-refractivity contribution in [2.24, 2.45) is 0 Å². The number of fused-ring (bicyclic) bond motifs is 2. The van der Waals surface area contributed by atoms with Crippen molar-refractivity contribution in [3.05, 3.63) is 119 Å². The van der Waals surface area contributed by atoms with Crippen molar-refractivity contribution in [2.45, 2.75) is 10.5 Å². The topological polar surface area (TPSA) is 17.1 Å². The van der Waals surface area contributed by atoms with E-state index in [1.807, 2.05) is 30.3 Å². The maximum atomic E-state index is 13.2. The number of benzene rings is 3. The second kappa shape index (κ2) is 7.29. The molecule has 3 aromatic rings. The molecule has 0 amide bonds. The largest absolute Gasteiger partial charge is 0.289 e. The van der Waals surface area contributed by atoms with Gasteiger partial charge in [0, 0.05) is 27.6 Å². The Morgan fingerprint density at radius 1 is 0.679 bits per heavy atom. The molecule has 0 spiro atoms. The normalized spacial score (nSPS) is 20.0. The summed E-state index contributed by atoms with van der Waals surface area (Å²) in [4.78, 5) is 13.2. The van der Waals surface area contributed by atoms with E-state index >= 15 is 0 Å². The standard InChI is InChI=1S/C26H21OS/c27-24(21-10-2-1-3-11-21)18-28(25-16-14-19-8-4-6-12-22(19)25)26-17-15-20-9-5-7-13-23(20)26/h1-17,25-26H,18H2/q+1. The van der Waals surface area contributed by atoms with Gasteiger partial charge in [0.15, 0.2) is 16.3 Å². The third kappa shape index (κ3) is 3.04. The average molecular weight is 382 g/mol. The molecular weight excluding hydrogens is 360 g/mol. The van der Waals surface area contributed by atoms with Gasteiger partial charge >= 0.3 is 0 Å². The molecule has 0 radical (unpaired) electrons. The second-order valence-electron chi connectivity index (χ2n) is 7.22. The lowest BCUT2D eigenvalue weighted by Crippen LogP contribution is -2.26. The highest BCUT2D eigenvalue weighted by Crippen LogP contribution is 2.46. The summed E-state index contributed by atoms with van der Waals surface area (Å²) in [5.74, 6) is 0.802. The molecule has 0 bridgehead atoms. The van der Waals surface area contributed by atoms with Crippen LogP contribution in [0.1, 0.15) is 43.1 Å². The number of carbonyl (C=O) groups is 1. The number of hydrogen-bond donors (Lipinski definition) is 0. The Balaban J connectivity index is 1.53. The first-order valence-corrected chi connectivity index (χ1v) is 11.1. The first-order valence-electron chi connectivity index (χ1n) is 9.62. The Morgan fingerprint density at radius 2 is 1.18 bits per heavy atom. The van der Waals surface area contributed by atoms with Gasteiger partial charge in [-0.3, -0.25) is 4.79 Å². The molecule has 1 nitrogen and oxygen atoms in total. The molecule has 2 aliphatic rings. The molecule has 2 heteroatoms. The zero-order valence-corrected chi connectivity index (χ0v) is 16.3. The maximum Gasteiger partial charge on any atom is 0.211 e. The molecule has 0 aromatic heterocycles. The molecular formula is C26H21OS+. The molecule has 2 unspecified atom stereocenters. The van der Waals surface area contributed by atoms with Crippen molar-refractivity contribution in [2.75, 3.05) is 5.75 Å². The van der Waals surface area contributed by atoms with Crippen molar-refractivity contribution < 1.29 is 4.79 Å². The SMILES string of the molecule is O=C(C[S+](C1C=Cc2ccccc21)C1C=Cc2ccccc21)c1ccccc1. The number of hydrogen-bond acceptors (Lipinski definition) is 1. The van der Waals surface area contributed by atoms with Crippen molar-refractivity contribution >= 4 is 28.8 Å². The quantitative estimate of drug-likeness (QED) is 0.390. The molecule has 0 heterocycles. The van der Waals surface area contributed by atoms with Crippen LogP contribution in [-0.2, 0) is 10.9 Å². The molecule has 0 saturated carbocycles. The second-order valence-corrected chi connectivity index (χ2v) is 9.46. The highest BCUT2D eigenvalue weighted by Gasteiger charge is 2.43. The number of carbonyl (C=O) groups excluding carboxylic acids is 1. The van der Waals surface area contributed by atoms with E-state index in [-0.39, 0.29) is 27.2 Å². The fourth-order valence-electron chi connectivity index (χ4n) is 4.16. The van der Waals surface area contributed by atoms with Gasteiger partial charge in [0.1, 0.15) is 0 Å². The minimum Gasteiger partial charge on any atom is -0.289 e. The Hall–Kier alpha value is -2.84. The van der Waals surface area contributed by atoms with Gasteiger partial charge in [0.2, 0.25) is 5.78 Å². The molecule has 2 aliphatic carbocycles.